The first kappa shape index (κ1) is 71.6. The molecule has 0 atom stereocenters. The number of pyridine rings is 2. The van der Waals surface area contributed by atoms with Crippen LogP contribution in [0.15, 0.2) is 190 Å². The number of halogens is 6. The molecule has 0 radical (unpaired) electrons. The first-order valence-corrected chi connectivity index (χ1v) is 31.3. The van der Waals surface area contributed by atoms with Crippen molar-refractivity contribution in [1.82, 2.24) is 98.7 Å². The Balaban J connectivity index is 0.000000133. The minimum Gasteiger partial charge on any atom is -0.480 e. The van der Waals surface area contributed by atoms with Crippen molar-refractivity contribution >= 4 is 92.4 Å². The Labute approximate surface area is 590 Å². The molecule has 4 aromatic carbocycles. The van der Waals surface area contributed by atoms with Gasteiger partial charge in [0.1, 0.15) is 83.2 Å². The summed E-state index contributed by atoms with van der Waals surface area (Å²) >= 11 is 0. The number of anilines is 5. The van der Waals surface area contributed by atoms with E-state index in [9.17, 15) is 36.3 Å². The number of aldehydes is 1. The van der Waals surface area contributed by atoms with Crippen LogP contribution in [0.5, 0.6) is 0 Å². The van der Waals surface area contributed by atoms with Crippen molar-refractivity contribution in [2.75, 3.05) is 40.2 Å². The lowest BCUT2D eigenvalue weighted by molar-refractivity contribution is -0.137. The van der Waals surface area contributed by atoms with Crippen molar-refractivity contribution in [2.45, 2.75) is 38.8 Å². The van der Waals surface area contributed by atoms with Gasteiger partial charge in [-0.2, -0.15) is 25.5 Å². The molecular weight excluding hydrogens is 1380 g/mol. The van der Waals surface area contributed by atoms with Crippen LogP contribution in [0.1, 0.15) is 34.7 Å². The second-order valence-corrected chi connectivity index (χ2v) is 22.2. The zero-order valence-corrected chi connectivity index (χ0v) is 55.1. The Morgan fingerprint density at radius 3 is 1.61 bits per heavy atom. The van der Waals surface area contributed by atoms with Crippen LogP contribution < -0.4 is 33.0 Å². The summed E-state index contributed by atoms with van der Waals surface area (Å²) in [4.78, 5) is 74.1. The number of fused-ring (bicyclic) bond motifs is 5. The average molecular weight is 1440 g/mol. The van der Waals surface area contributed by atoms with Gasteiger partial charge in [0, 0.05) is 56.0 Å². The van der Waals surface area contributed by atoms with Crippen LogP contribution >= 0.6 is 12.4 Å². The SMILES string of the molecule is Cl.Fc1ccc(-n2ncc3c2CCCN3)cc1.Fc1ccc(-n2ncc3ncccc32)cc1.NNc1ccc(F)cc1.Nc1ncnc2c1c(-c1ncc[nH]1)nn2CC(=O)N1CCCc2c1cnn2-c1ccc(F)cc1.Nc1ncnc2c1c(-c1ncc[nH]1)nn2CC(=O)O.O=Cc1ncccc1F. The van der Waals surface area contributed by atoms with Gasteiger partial charge in [-0.3, -0.25) is 30.2 Å². The number of benzene rings is 4. The predicted octanol–water partition coefficient (Wildman–Crippen LogP) is 9.48. The number of nitrogen functional groups attached to an aromatic ring is 3. The normalized spacial score (nSPS) is 11.8. The Hall–Kier alpha value is -13.7. The lowest BCUT2D eigenvalue weighted by atomic mass is 10.1. The number of imidazole rings is 2. The first-order valence-electron chi connectivity index (χ1n) is 31.3. The van der Waals surface area contributed by atoms with Gasteiger partial charge in [-0.05, 0) is 147 Å². The molecule has 0 spiro atoms. The molecule has 0 saturated carbocycles. The molecule has 104 heavy (non-hydrogen) atoms. The van der Waals surface area contributed by atoms with Gasteiger partial charge < -0.3 is 42.2 Å². The smallest absolute Gasteiger partial charge is 0.325 e. The highest BCUT2D eigenvalue weighted by Gasteiger charge is 2.29. The van der Waals surface area contributed by atoms with Gasteiger partial charge in [-0.15, -0.1) is 12.4 Å². The highest BCUT2D eigenvalue weighted by molar-refractivity contribution is 6.00. The molecule has 17 rings (SSSR count). The van der Waals surface area contributed by atoms with E-state index < -0.39 is 11.8 Å². The van der Waals surface area contributed by atoms with Gasteiger partial charge in [0.25, 0.3) is 0 Å². The molecule has 0 aliphatic carbocycles. The number of H-pyrrole nitrogens is 2. The molecule has 36 heteroatoms. The summed E-state index contributed by atoms with van der Waals surface area (Å²) in [5.74, 6) is 3.71. The summed E-state index contributed by atoms with van der Waals surface area (Å²) in [6.07, 6.45) is 21.4. The number of hydrazine groups is 1. The van der Waals surface area contributed by atoms with E-state index in [1.54, 1.807) is 106 Å². The Morgan fingerprint density at radius 1 is 0.567 bits per heavy atom. The second-order valence-electron chi connectivity index (χ2n) is 22.2. The molecule has 0 unspecified atom stereocenters. The summed E-state index contributed by atoms with van der Waals surface area (Å²) in [5, 5.41) is 35.0. The van der Waals surface area contributed by atoms with Crippen LogP contribution in [0.25, 0.3) is 73.2 Å². The highest BCUT2D eigenvalue weighted by atomic mass is 35.5. The van der Waals surface area contributed by atoms with Crippen molar-refractivity contribution < 1.29 is 41.4 Å². The number of hydrogen-bond acceptors (Lipinski definition) is 21. The third kappa shape index (κ3) is 16.4. The van der Waals surface area contributed by atoms with Crippen molar-refractivity contribution in [1.29, 1.82) is 0 Å². The molecule has 11 N–H and O–H groups in total. The molecule has 528 valence electrons. The lowest BCUT2D eigenvalue weighted by Crippen LogP contribution is -2.38. The van der Waals surface area contributed by atoms with Crippen LogP contribution in [0, 0.1) is 29.1 Å². The van der Waals surface area contributed by atoms with E-state index in [2.05, 4.69) is 86.1 Å². The standard InChI is InChI=1S/C22H19FN10O.C12H12FN3.C12H8FN3.C10H9N7O2.C6H7FN2.C6H4FNO.ClH/c23-13-3-5-14(6-4-13)33-15-2-1-9-31(16(15)10-29-33)17(34)11-32-22-18(20(24)27-12-28-22)19(30-32)21-25-7-8-26-21;2*13-9-3-5-10(6-4-9)16-12-2-1-7-14-11(12)8-15-16;11-8-6-7(9-12-1-2-13-9)16-17(3-5(18)19)10(6)15-4-14-8;7-5-1-3-6(9-8)4-2-5;7-5-2-1-3-8-6(5)4-9;/h3-8,10,12H,1-2,9,11H2,(H,25,26)(H2,24,27,28);3-6,8,14H,1-2,7H2;1-8H;1-2,4H,3H2,(H,12,13)(H,18,19)(H2,11,14,15);1-4,9H,8H2;1-4H;1H. The average Bonchev–Trinajstić information content (AvgIpc) is 1.63. The number of nitrogens with one attached hydrogen (secondary N) is 4. The maximum Gasteiger partial charge on any atom is 0.325 e. The zero-order valence-electron chi connectivity index (χ0n) is 54.3. The number of amides is 1. The number of hydrogen-bond donors (Lipinski definition) is 8. The minimum absolute atomic E-state index is 0. The summed E-state index contributed by atoms with van der Waals surface area (Å²) in [7, 11) is 0. The molecule has 13 heterocycles. The Bertz CT molecular complexity index is 5380. The quantitative estimate of drug-likeness (QED) is 0.0258. The van der Waals surface area contributed by atoms with Crippen LogP contribution in [0.2, 0.25) is 0 Å². The van der Waals surface area contributed by atoms with Crippen molar-refractivity contribution in [3.8, 4) is 40.1 Å². The molecule has 15 aromatic rings. The van der Waals surface area contributed by atoms with E-state index in [4.69, 9.17) is 22.4 Å². The third-order valence-electron chi connectivity index (χ3n) is 15.6. The number of rotatable bonds is 11. The van der Waals surface area contributed by atoms with Crippen molar-refractivity contribution in [3.63, 3.8) is 0 Å². The lowest BCUT2D eigenvalue weighted by Gasteiger charge is -2.27. The molecule has 1 amide bonds. The number of aromatic nitrogens is 20. The van der Waals surface area contributed by atoms with Gasteiger partial charge in [-0.25, -0.2) is 75.3 Å². The van der Waals surface area contributed by atoms with E-state index in [1.165, 1.54) is 94.6 Å². The number of nitrogens with zero attached hydrogens (tertiary/aromatic N) is 19. The first-order chi connectivity index (χ1) is 50.1. The highest BCUT2D eigenvalue weighted by Crippen LogP contribution is 2.33. The van der Waals surface area contributed by atoms with Gasteiger partial charge >= 0.3 is 5.97 Å². The molecule has 2 aliphatic rings. The van der Waals surface area contributed by atoms with Gasteiger partial charge in [-0.1, -0.05) is 0 Å². The molecule has 30 nitrogen and oxygen atoms in total. The van der Waals surface area contributed by atoms with Crippen LogP contribution in [-0.4, -0.2) is 135 Å². The number of aromatic amines is 2. The summed E-state index contributed by atoms with van der Waals surface area (Å²) < 4.78 is 71.6. The molecule has 0 bridgehead atoms. The number of carbonyl (C=O) groups is 3. The predicted molar refractivity (Wildman–Crippen MR) is 377 cm³/mol. The van der Waals surface area contributed by atoms with E-state index in [-0.39, 0.29) is 72.0 Å². The molecule has 11 aromatic heterocycles. The fourth-order valence-corrected chi connectivity index (χ4v) is 10.9. The number of carboxylic acids is 1. The number of aliphatic carboxylic acids is 1. The second kappa shape index (κ2) is 33.0. The number of carboxylic acid groups (broad SMARTS) is 1. The summed E-state index contributed by atoms with van der Waals surface area (Å²) in [5.41, 5.74) is 24.7. The summed E-state index contributed by atoms with van der Waals surface area (Å²) in [6.45, 7) is 1.20. The fraction of sp³-hybridized carbons (Fsp3) is 0.118. The van der Waals surface area contributed by atoms with Crippen LogP contribution in [-0.2, 0) is 35.5 Å². The topological polar surface area (TPSA) is 401 Å². The molecular formula is C68H60ClF5N26O4. The van der Waals surface area contributed by atoms with E-state index in [1.807, 2.05) is 23.0 Å². The van der Waals surface area contributed by atoms with E-state index in [0.29, 0.717) is 63.6 Å². The van der Waals surface area contributed by atoms with Gasteiger partial charge in [0.05, 0.1) is 74.7 Å². The van der Waals surface area contributed by atoms with Gasteiger partial charge in [0.2, 0.25) is 5.91 Å². The monoisotopic (exact) mass is 1430 g/mol. The molecule has 2 aliphatic heterocycles. The zero-order chi connectivity index (χ0) is 71.9. The van der Waals surface area contributed by atoms with Gasteiger partial charge in [0.15, 0.2) is 35.0 Å². The number of carbonyl (C=O) groups excluding carboxylic acids is 2. The molecule has 0 fully saturated rings. The van der Waals surface area contributed by atoms with E-state index in [0.717, 1.165) is 77.4 Å². The Morgan fingerprint density at radius 2 is 1.08 bits per heavy atom. The maximum atomic E-state index is 13.4. The third-order valence-corrected chi connectivity index (χ3v) is 15.6. The van der Waals surface area contributed by atoms with E-state index >= 15 is 0 Å². The Kier molecular flexibility index (Phi) is 22.7. The molecule has 0 saturated heterocycles. The maximum absolute atomic E-state index is 13.4. The van der Waals surface area contributed by atoms with Crippen molar-refractivity contribution in [2.24, 2.45) is 5.84 Å². The fourth-order valence-electron chi connectivity index (χ4n) is 10.9. The van der Waals surface area contributed by atoms with Crippen molar-refractivity contribution in [3.05, 3.63) is 236 Å². The van der Waals surface area contributed by atoms with Crippen LogP contribution in [0.3, 0.4) is 0 Å². The number of nitrogens with two attached hydrogens (primary N) is 3. The summed E-state index contributed by atoms with van der Waals surface area (Å²) in [6, 6.07) is 31.0. The van der Waals surface area contributed by atoms with Crippen LogP contribution in [0.4, 0.5) is 50.6 Å². The minimum atomic E-state index is -1.02. The largest absolute Gasteiger partial charge is 0.480 e.